The van der Waals surface area contributed by atoms with Gasteiger partial charge in [-0.25, -0.2) is 0 Å². The highest BCUT2D eigenvalue weighted by molar-refractivity contribution is 14.1. The third-order valence-corrected chi connectivity index (χ3v) is 7.93. The van der Waals surface area contributed by atoms with Crippen molar-refractivity contribution < 1.29 is 14.3 Å². The van der Waals surface area contributed by atoms with Crippen molar-refractivity contribution in [1.82, 2.24) is 4.90 Å². The lowest BCUT2D eigenvalue weighted by Gasteiger charge is -2.34. The lowest BCUT2D eigenvalue weighted by atomic mass is 9.99. The van der Waals surface area contributed by atoms with E-state index in [9.17, 15) is 9.59 Å². The van der Waals surface area contributed by atoms with E-state index in [1.165, 1.54) is 5.56 Å². The maximum absolute atomic E-state index is 13.1. The lowest BCUT2D eigenvalue weighted by molar-refractivity contribution is -0.135. The van der Waals surface area contributed by atoms with Gasteiger partial charge in [-0.2, -0.15) is 0 Å². The molecule has 2 heterocycles. The number of Topliss-reactive ketones (excluding diaryl/α,β-unsaturated/α-hetero) is 1. The number of nitrogens with zero attached hydrogens (tertiary/aromatic N) is 2. The van der Waals surface area contributed by atoms with Crippen LogP contribution in [0.25, 0.3) is 0 Å². The molecule has 33 heavy (non-hydrogen) atoms. The van der Waals surface area contributed by atoms with Crippen molar-refractivity contribution in [2.75, 3.05) is 31.2 Å². The van der Waals surface area contributed by atoms with E-state index in [-0.39, 0.29) is 23.8 Å². The van der Waals surface area contributed by atoms with Crippen LogP contribution >= 0.6 is 38.5 Å². The molecule has 2 aromatic rings. The number of fused-ring (bicyclic) bond motifs is 1. The summed E-state index contributed by atoms with van der Waals surface area (Å²) in [5.41, 5.74) is 5.28. The summed E-state index contributed by atoms with van der Waals surface area (Å²) in [6, 6.07) is 12.6. The summed E-state index contributed by atoms with van der Waals surface area (Å²) in [6.07, 6.45) is 1.64. The number of amides is 1. The van der Waals surface area contributed by atoms with E-state index in [1.807, 2.05) is 29.2 Å². The minimum absolute atomic E-state index is 0.0952. The Hall–Kier alpha value is -1.45. The smallest absolute Gasteiger partial charge is 0.224 e. The molecule has 7 heteroatoms. The fourth-order valence-corrected chi connectivity index (χ4v) is 6.04. The Morgan fingerprint density at radius 3 is 2.42 bits per heavy atom. The van der Waals surface area contributed by atoms with Crippen molar-refractivity contribution in [2.45, 2.75) is 49.6 Å². The predicted octanol–water partition coefficient (Wildman–Crippen LogP) is 5.20. The second-order valence-corrected chi connectivity index (χ2v) is 10.7. The molecule has 1 unspecified atom stereocenters. The van der Waals surface area contributed by atoms with Crippen molar-refractivity contribution in [3.8, 4) is 0 Å². The van der Waals surface area contributed by atoms with Gasteiger partial charge < -0.3 is 14.5 Å². The highest BCUT2D eigenvalue weighted by atomic mass is 127. The Kier molecular flexibility index (Phi) is 8.12. The molecule has 1 saturated heterocycles. The molecular weight excluding hydrogens is 595 g/mol. The summed E-state index contributed by atoms with van der Waals surface area (Å²) in [5.74, 6) is 0.300. The first-order valence-corrected chi connectivity index (χ1v) is 13.8. The number of rotatable bonds is 7. The standard InChI is InChI=1S/C26H30BrIN2O3/c1-17(2)30-22(15-25(32)29-7-9-33-10-8-29)13-21-12-20(14-23(27)26(21)30)24(31)11-18-3-5-19(16-28)6-4-18/h3-6,12,14,17,22H,7-11,13,15-16H2,1-2H3. The maximum atomic E-state index is 13.1. The Morgan fingerprint density at radius 1 is 1.12 bits per heavy atom. The molecule has 2 aliphatic rings. The van der Waals surface area contributed by atoms with Crippen molar-refractivity contribution in [2.24, 2.45) is 0 Å². The average Bonchev–Trinajstić information content (AvgIpc) is 3.18. The van der Waals surface area contributed by atoms with Gasteiger partial charge in [0, 0.05) is 52.5 Å². The van der Waals surface area contributed by atoms with Crippen LogP contribution in [-0.2, 0) is 26.8 Å². The van der Waals surface area contributed by atoms with Gasteiger partial charge in [-0.1, -0.05) is 46.9 Å². The third-order valence-electron chi connectivity index (χ3n) is 6.44. The van der Waals surface area contributed by atoms with E-state index < -0.39 is 0 Å². The number of halogens is 2. The molecule has 0 N–H and O–H groups in total. The van der Waals surface area contributed by atoms with Crippen LogP contribution in [0.1, 0.15) is 47.3 Å². The maximum Gasteiger partial charge on any atom is 0.224 e. The van der Waals surface area contributed by atoms with Crippen LogP contribution in [0.3, 0.4) is 0 Å². The van der Waals surface area contributed by atoms with Gasteiger partial charge in [0.25, 0.3) is 0 Å². The van der Waals surface area contributed by atoms with E-state index in [4.69, 9.17) is 4.74 Å². The van der Waals surface area contributed by atoms with Gasteiger partial charge in [0.05, 0.1) is 18.9 Å². The van der Waals surface area contributed by atoms with Crippen LogP contribution in [-0.4, -0.2) is 55.0 Å². The van der Waals surface area contributed by atoms with Crippen molar-refractivity contribution in [1.29, 1.82) is 0 Å². The molecule has 1 amide bonds. The summed E-state index contributed by atoms with van der Waals surface area (Å²) in [5, 5.41) is 0. The molecule has 1 fully saturated rings. The quantitative estimate of drug-likeness (QED) is 0.242. The first-order chi connectivity index (χ1) is 15.9. The van der Waals surface area contributed by atoms with Crippen LogP contribution in [0.5, 0.6) is 0 Å². The average molecular weight is 625 g/mol. The molecule has 4 rings (SSSR count). The van der Waals surface area contributed by atoms with Crippen molar-refractivity contribution >= 4 is 55.9 Å². The van der Waals surface area contributed by atoms with E-state index >= 15 is 0 Å². The van der Waals surface area contributed by atoms with Gasteiger partial charge in [-0.05, 0) is 65.0 Å². The monoisotopic (exact) mass is 624 g/mol. The number of carbonyl (C=O) groups is 2. The Morgan fingerprint density at radius 2 is 1.79 bits per heavy atom. The lowest BCUT2D eigenvalue weighted by Crippen LogP contribution is -2.45. The number of morpholine rings is 1. The number of carbonyl (C=O) groups excluding carboxylic acids is 2. The second-order valence-electron chi connectivity index (χ2n) is 9.07. The molecule has 0 saturated carbocycles. The number of anilines is 1. The minimum atomic E-state index is 0.0952. The second kappa shape index (κ2) is 10.9. The van der Waals surface area contributed by atoms with E-state index in [1.54, 1.807) is 0 Å². The van der Waals surface area contributed by atoms with Crippen molar-refractivity contribution in [3.63, 3.8) is 0 Å². The minimum Gasteiger partial charge on any atom is -0.378 e. The summed E-state index contributed by atoms with van der Waals surface area (Å²) < 4.78 is 7.29. The van der Waals surface area contributed by atoms with Crippen LogP contribution in [0.15, 0.2) is 40.9 Å². The summed E-state index contributed by atoms with van der Waals surface area (Å²) >= 11 is 6.09. The van der Waals surface area contributed by atoms with E-state index in [0.29, 0.717) is 39.1 Å². The van der Waals surface area contributed by atoms with Crippen molar-refractivity contribution in [3.05, 3.63) is 63.1 Å². The number of ether oxygens (including phenoxy) is 1. The molecule has 0 radical (unpaired) electrons. The zero-order valence-electron chi connectivity index (χ0n) is 19.2. The SMILES string of the molecule is CC(C)N1c2c(Br)cc(C(=O)Cc3ccc(CI)cc3)cc2CC1CC(=O)N1CCOCC1. The van der Waals surface area contributed by atoms with Gasteiger partial charge in [0.2, 0.25) is 5.91 Å². The molecule has 176 valence electrons. The molecule has 0 spiro atoms. The largest absolute Gasteiger partial charge is 0.378 e. The molecule has 2 aromatic carbocycles. The molecule has 1 atom stereocenters. The zero-order chi connectivity index (χ0) is 23.5. The topological polar surface area (TPSA) is 49.9 Å². The molecule has 0 bridgehead atoms. The van der Waals surface area contributed by atoms with Crippen LogP contribution in [0, 0.1) is 0 Å². The Balaban J connectivity index is 1.53. The van der Waals surface area contributed by atoms with Gasteiger partial charge in [-0.15, -0.1) is 0 Å². The number of alkyl halides is 1. The Bertz CT molecular complexity index is 1020. The Labute approximate surface area is 218 Å². The van der Waals surface area contributed by atoms with Gasteiger partial charge >= 0.3 is 0 Å². The van der Waals surface area contributed by atoms with Crippen LogP contribution in [0.2, 0.25) is 0 Å². The van der Waals surface area contributed by atoms with E-state index in [2.05, 4.69) is 69.4 Å². The van der Waals surface area contributed by atoms with Gasteiger partial charge in [0.15, 0.2) is 5.78 Å². The number of hydrogen-bond donors (Lipinski definition) is 0. The predicted molar refractivity (Wildman–Crippen MR) is 143 cm³/mol. The normalized spacial score (nSPS) is 18.0. The number of ketones is 1. The molecule has 2 aliphatic heterocycles. The van der Waals surface area contributed by atoms with Gasteiger partial charge in [0.1, 0.15) is 0 Å². The molecular formula is C26H30BrIN2O3. The zero-order valence-corrected chi connectivity index (χ0v) is 22.9. The molecule has 5 nitrogen and oxygen atoms in total. The van der Waals surface area contributed by atoms with Crippen LogP contribution < -0.4 is 4.90 Å². The number of benzene rings is 2. The summed E-state index contributed by atoms with van der Waals surface area (Å²) in [4.78, 5) is 30.3. The van der Waals surface area contributed by atoms with E-state index in [0.717, 1.165) is 37.7 Å². The first kappa shape index (κ1) is 24.7. The highest BCUT2D eigenvalue weighted by Crippen LogP contribution is 2.42. The third kappa shape index (κ3) is 5.62. The molecule has 0 aromatic heterocycles. The van der Waals surface area contributed by atoms with Gasteiger partial charge in [-0.3, -0.25) is 9.59 Å². The first-order valence-electron chi connectivity index (χ1n) is 11.5. The highest BCUT2D eigenvalue weighted by Gasteiger charge is 2.36. The fourth-order valence-electron chi connectivity index (χ4n) is 4.82. The summed E-state index contributed by atoms with van der Waals surface area (Å²) in [7, 11) is 0. The summed E-state index contributed by atoms with van der Waals surface area (Å²) in [6.45, 7) is 6.88. The fraction of sp³-hybridized carbons (Fsp3) is 0.462. The number of hydrogen-bond acceptors (Lipinski definition) is 4. The molecule has 0 aliphatic carbocycles. The van der Waals surface area contributed by atoms with Crippen LogP contribution in [0.4, 0.5) is 5.69 Å².